The predicted octanol–water partition coefficient (Wildman–Crippen LogP) is 8.19. The summed E-state index contributed by atoms with van der Waals surface area (Å²) in [4.78, 5) is 42.2. The van der Waals surface area contributed by atoms with Gasteiger partial charge in [0.1, 0.15) is 34.7 Å². The monoisotopic (exact) mass is 877 g/mol. The van der Waals surface area contributed by atoms with Crippen molar-refractivity contribution in [2.75, 3.05) is 24.5 Å². The average molecular weight is 878 g/mol. The summed E-state index contributed by atoms with van der Waals surface area (Å²) < 4.78 is 8.37. The number of phenols is 1. The van der Waals surface area contributed by atoms with Gasteiger partial charge in [0, 0.05) is 67.2 Å². The highest BCUT2D eigenvalue weighted by atomic mass is 32.1. The number of thiazole rings is 1. The molecule has 0 bridgehead atoms. The second-order valence-electron chi connectivity index (χ2n) is 17.9. The first-order valence-electron chi connectivity index (χ1n) is 22.1. The normalized spacial score (nSPS) is 19.8. The molecule has 0 radical (unpaired) electrons. The highest BCUT2D eigenvalue weighted by Gasteiger charge is 2.44. The number of aliphatic hydroxyl groups excluding tert-OH is 1. The number of hydrogen-bond donors (Lipinski definition) is 3. The molecular formula is C49H51N9O5S. The summed E-state index contributed by atoms with van der Waals surface area (Å²) in [5.41, 5.74) is 11.5. The van der Waals surface area contributed by atoms with Crippen molar-refractivity contribution in [3.05, 3.63) is 113 Å². The molecule has 2 amide bonds. The van der Waals surface area contributed by atoms with Crippen LogP contribution in [0.5, 0.6) is 5.75 Å². The number of para-hydroxylation sites is 1. The Kier molecular flexibility index (Phi) is 11.0. The molecule has 0 spiro atoms. The number of likely N-dealkylation sites (tertiary alicyclic amines) is 1. The number of β-amino-alcohol motifs (C(OH)–C–C–N with tert-alkyl or cyclic N) is 1. The number of phenolic OH excluding ortho intramolecular Hbond substituents is 1. The number of amides is 2. The Hall–Kier alpha value is -6.45. The Morgan fingerprint density at radius 1 is 0.906 bits per heavy atom. The van der Waals surface area contributed by atoms with Gasteiger partial charge in [-0.25, -0.2) is 4.98 Å². The van der Waals surface area contributed by atoms with E-state index in [9.17, 15) is 19.8 Å². The zero-order chi connectivity index (χ0) is 44.2. The minimum Gasteiger partial charge on any atom is -0.507 e. The third-order valence-corrected chi connectivity index (χ3v) is 14.1. The minimum absolute atomic E-state index is 0.0485. The molecule has 14 nitrogen and oxygen atoms in total. The summed E-state index contributed by atoms with van der Waals surface area (Å²) >= 11 is 1.59. The van der Waals surface area contributed by atoms with Gasteiger partial charge in [0.25, 0.3) is 0 Å². The van der Waals surface area contributed by atoms with E-state index in [0.717, 1.165) is 70.8 Å². The van der Waals surface area contributed by atoms with Gasteiger partial charge in [0.05, 0.1) is 45.1 Å². The number of aromatic nitrogens is 6. The predicted molar refractivity (Wildman–Crippen MR) is 245 cm³/mol. The van der Waals surface area contributed by atoms with Gasteiger partial charge in [0.2, 0.25) is 11.8 Å². The van der Waals surface area contributed by atoms with Crippen LogP contribution in [-0.2, 0) is 9.59 Å². The lowest BCUT2D eigenvalue weighted by molar-refractivity contribution is -0.141. The maximum Gasteiger partial charge on any atom is 0.243 e. The fourth-order valence-electron chi connectivity index (χ4n) is 9.58. The number of aryl methyl sites for hydroxylation is 1. The second kappa shape index (κ2) is 16.9. The van der Waals surface area contributed by atoms with Crippen molar-refractivity contribution in [3.63, 3.8) is 0 Å². The molecular weight excluding hydrogens is 827 g/mol. The molecule has 3 aliphatic rings. The van der Waals surface area contributed by atoms with Gasteiger partial charge in [-0.3, -0.25) is 14.6 Å². The summed E-state index contributed by atoms with van der Waals surface area (Å²) in [6, 6.07) is 24.6. The highest BCUT2D eigenvalue weighted by Crippen LogP contribution is 2.44. The van der Waals surface area contributed by atoms with Gasteiger partial charge in [-0.2, -0.15) is 0 Å². The van der Waals surface area contributed by atoms with Crippen LogP contribution in [-0.4, -0.2) is 88.6 Å². The first kappa shape index (κ1) is 41.6. The quantitative estimate of drug-likeness (QED) is 0.108. The number of benzene rings is 2. The Bertz CT molecular complexity index is 2850. The smallest absolute Gasteiger partial charge is 0.243 e. The lowest BCUT2D eigenvalue weighted by atomic mass is 9.91. The average Bonchev–Trinajstić information content (AvgIpc) is 3.81. The molecule has 1 saturated carbocycles. The number of rotatable bonds is 12. The Morgan fingerprint density at radius 3 is 2.47 bits per heavy atom. The van der Waals surface area contributed by atoms with Crippen LogP contribution < -0.4 is 10.2 Å². The van der Waals surface area contributed by atoms with Crippen LogP contribution in [0.2, 0.25) is 0 Å². The van der Waals surface area contributed by atoms with E-state index in [-0.39, 0.29) is 48.4 Å². The second-order valence-corrected chi connectivity index (χ2v) is 18.7. The molecule has 2 unspecified atom stereocenters. The van der Waals surface area contributed by atoms with Crippen LogP contribution in [0.15, 0.2) is 95.1 Å². The van der Waals surface area contributed by atoms with Crippen molar-refractivity contribution >= 4 is 39.9 Å². The fraction of sp³-hybridized carbons (Fsp3) is 0.367. The first-order valence-corrected chi connectivity index (χ1v) is 23.0. The van der Waals surface area contributed by atoms with Gasteiger partial charge in [-0.05, 0) is 86.6 Å². The van der Waals surface area contributed by atoms with Crippen LogP contribution in [0.25, 0.3) is 44.1 Å². The summed E-state index contributed by atoms with van der Waals surface area (Å²) in [7, 11) is 0. The Balaban J connectivity index is 0.830. The van der Waals surface area contributed by atoms with Crippen LogP contribution in [0.3, 0.4) is 0 Å². The number of aromatic hydroxyl groups is 1. The van der Waals surface area contributed by atoms with E-state index in [1.54, 1.807) is 35.7 Å². The van der Waals surface area contributed by atoms with E-state index in [1.165, 1.54) is 10.6 Å². The summed E-state index contributed by atoms with van der Waals surface area (Å²) in [5.74, 6) is -0.683. The molecule has 7 heterocycles. The molecule has 64 heavy (non-hydrogen) atoms. The molecule has 7 aromatic rings. The molecule has 10 rings (SSSR count). The minimum atomic E-state index is -0.838. The van der Waals surface area contributed by atoms with Gasteiger partial charge < -0.3 is 34.4 Å². The molecule has 1 aliphatic carbocycles. The maximum absolute atomic E-state index is 14.4. The standard InChI is InChI=1S/C49H51N9O5S/c1-27(2)46(49(62)57-25-35(59)20-43(57)48(61)52-28(3)30-9-11-31(12-10-30)47-29(4)51-26-64-47)45-23-39(55-63-45)38-19-34(15-17-50-38)56-18-16-32(24-56)41-22-40-42(58(41)33-13-14-33)21-37(53-54-40)36-7-5-6-8-44(36)60/h5-12,15,17,19,21-23,26-28,32-33,35,43,46,59-60H,13-14,16,18,20,24-25H2,1-4H3,(H,52,61)/t28?,32-,35-,43+,46?/m1/s1. The van der Waals surface area contributed by atoms with E-state index in [1.807, 2.05) is 81.7 Å². The van der Waals surface area contributed by atoms with Crippen molar-refractivity contribution in [1.29, 1.82) is 0 Å². The lowest BCUT2D eigenvalue weighted by Gasteiger charge is -2.29. The van der Waals surface area contributed by atoms with E-state index >= 15 is 0 Å². The number of nitrogens with one attached hydrogen (secondary N) is 1. The van der Waals surface area contributed by atoms with E-state index < -0.39 is 18.1 Å². The molecule has 2 aliphatic heterocycles. The topological polar surface area (TPSA) is 176 Å². The largest absolute Gasteiger partial charge is 0.507 e. The molecule has 3 N–H and O–H groups in total. The van der Waals surface area contributed by atoms with Crippen molar-refractivity contribution < 1.29 is 24.3 Å². The van der Waals surface area contributed by atoms with E-state index in [2.05, 4.69) is 52.2 Å². The Morgan fingerprint density at radius 2 is 1.72 bits per heavy atom. The number of aliphatic hydroxyl groups is 1. The molecule has 328 valence electrons. The van der Waals surface area contributed by atoms with Crippen LogP contribution in [0.1, 0.15) is 93.1 Å². The van der Waals surface area contributed by atoms with E-state index in [0.29, 0.717) is 34.4 Å². The summed E-state index contributed by atoms with van der Waals surface area (Å²) in [6.07, 6.45) is 4.31. The molecule has 2 aromatic carbocycles. The number of carbonyl (C=O) groups is 2. The Labute approximate surface area is 375 Å². The summed E-state index contributed by atoms with van der Waals surface area (Å²) in [6.45, 7) is 9.51. The number of hydrogen-bond acceptors (Lipinski definition) is 12. The number of carbonyl (C=O) groups excluding carboxylic acids is 2. The van der Waals surface area contributed by atoms with Crippen LogP contribution in [0, 0.1) is 12.8 Å². The third kappa shape index (κ3) is 7.91. The molecule has 5 atom stereocenters. The molecule has 5 aromatic heterocycles. The van der Waals surface area contributed by atoms with Crippen molar-refractivity contribution in [1.82, 2.24) is 40.1 Å². The molecule has 3 fully saturated rings. The third-order valence-electron chi connectivity index (χ3n) is 13.1. The van der Waals surface area contributed by atoms with Gasteiger partial charge in [0.15, 0.2) is 0 Å². The zero-order valence-electron chi connectivity index (χ0n) is 36.3. The zero-order valence-corrected chi connectivity index (χ0v) is 37.1. The van der Waals surface area contributed by atoms with Crippen molar-refractivity contribution in [2.24, 2.45) is 5.92 Å². The van der Waals surface area contributed by atoms with Gasteiger partial charge in [-0.1, -0.05) is 55.4 Å². The number of pyridine rings is 1. The molecule has 15 heteroatoms. The molecule has 2 saturated heterocycles. The van der Waals surface area contributed by atoms with Crippen molar-refractivity contribution in [2.45, 2.75) is 89.4 Å². The SMILES string of the molecule is Cc1ncsc1-c1ccc(C(C)NC(=O)[C@@H]2C[C@@H](O)CN2C(=O)C(c2cc(-c3cc(N4CC[C@@H](c5cc6nnc(-c7ccccc7O)cc6n5C5CC5)C4)ccn3)no2)C(C)C)cc1. The van der Waals surface area contributed by atoms with Gasteiger partial charge in [-0.15, -0.1) is 21.5 Å². The van der Waals surface area contributed by atoms with Crippen LogP contribution >= 0.6 is 11.3 Å². The summed E-state index contributed by atoms with van der Waals surface area (Å²) in [5, 5.41) is 37.9. The van der Waals surface area contributed by atoms with Crippen molar-refractivity contribution in [3.8, 4) is 38.8 Å². The maximum atomic E-state index is 14.4. The number of anilines is 1. The van der Waals surface area contributed by atoms with E-state index in [4.69, 9.17) is 4.52 Å². The van der Waals surface area contributed by atoms with Crippen LogP contribution in [0.4, 0.5) is 5.69 Å². The highest BCUT2D eigenvalue weighted by molar-refractivity contribution is 7.13. The first-order chi connectivity index (χ1) is 31.0. The lowest BCUT2D eigenvalue weighted by Crippen LogP contribution is -2.48. The van der Waals surface area contributed by atoms with Gasteiger partial charge >= 0.3 is 0 Å². The number of fused-ring (bicyclic) bond motifs is 1. The number of nitrogens with zero attached hydrogens (tertiary/aromatic N) is 8. The fourth-order valence-corrected chi connectivity index (χ4v) is 10.4.